The first kappa shape index (κ1) is 29.4. The normalized spacial score (nSPS) is 17.7. The highest BCUT2D eigenvalue weighted by Gasteiger charge is 2.35. The first-order chi connectivity index (χ1) is 19.1. The van der Waals surface area contributed by atoms with E-state index in [0.29, 0.717) is 5.92 Å². The van der Waals surface area contributed by atoms with Crippen molar-refractivity contribution in [2.24, 2.45) is 11.8 Å². The van der Waals surface area contributed by atoms with E-state index in [0.717, 1.165) is 55.5 Å². The van der Waals surface area contributed by atoms with Crippen LogP contribution in [0, 0.1) is 42.0 Å². The van der Waals surface area contributed by atoms with E-state index in [-0.39, 0.29) is 24.0 Å². The highest BCUT2D eigenvalue weighted by Crippen LogP contribution is 2.37. The third kappa shape index (κ3) is 7.11. The van der Waals surface area contributed by atoms with E-state index in [2.05, 4.69) is 10.8 Å². The van der Waals surface area contributed by atoms with Gasteiger partial charge in [-0.05, 0) is 87.8 Å². The molecule has 0 aromatic heterocycles. The summed E-state index contributed by atoms with van der Waals surface area (Å²) >= 11 is 0. The third-order valence-electron chi connectivity index (χ3n) is 6.90. The molecule has 1 fully saturated rings. The lowest BCUT2D eigenvalue weighted by Crippen LogP contribution is -2.33. The molecule has 1 saturated carbocycles. The van der Waals surface area contributed by atoms with Gasteiger partial charge in [-0.1, -0.05) is 29.8 Å². The number of aryl methyl sites for hydroxylation is 1. The number of allylic oxidation sites excluding steroid dienone is 2. The van der Waals surface area contributed by atoms with Crippen molar-refractivity contribution in [3.63, 3.8) is 0 Å². The van der Waals surface area contributed by atoms with Gasteiger partial charge in [0.05, 0.1) is 6.61 Å². The molecule has 0 unspecified atom stereocenters. The number of rotatable bonds is 10. The summed E-state index contributed by atoms with van der Waals surface area (Å²) in [5.74, 6) is -6.84. The molecule has 3 aromatic carbocycles. The molecule has 0 spiro atoms. The van der Waals surface area contributed by atoms with Gasteiger partial charge < -0.3 is 14.2 Å². The van der Waals surface area contributed by atoms with Gasteiger partial charge in [0.1, 0.15) is 5.75 Å². The molecule has 4 rings (SSSR count). The van der Waals surface area contributed by atoms with Gasteiger partial charge in [0.2, 0.25) is 11.6 Å². The molecule has 0 heterocycles. The second-order valence-corrected chi connectivity index (χ2v) is 9.94. The quantitative estimate of drug-likeness (QED) is 0.182. The Hall–Kier alpha value is -3.62. The molecular formula is C31H30F6O3. The van der Waals surface area contributed by atoms with E-state index >= 15 is 0 Å². The lowest BCUT2D eigenvalue weighted by Gasteiger charge is -2.26. The van der Waals surface area contributed by atoms with Crippen LogP contribution in [0.4, 0.5) is 26.3 Å². The van der Waals surface area contributed by atoms with Gasteiger partial charge in [0.15, 0.2) is 29.7 Å². The summed E-state index contributed by atoms with van der Waals surface area (Å²) in [5.41, 5.74) is -0.354. The van der Waals surface area contributed by atoms with Crippen molar-refractivity contribution in [2.75, 3.05) is 13.2 Å². The van der Waals surface area contributed by atoms with E-state index in [1.807, 2.05) is 19.9 Å². The second-order valence-electron chi connectivity index (χ2n) is 9.94. The maximum absolute atomic E-state index is 14.9. The second kappa shape index (κ2) is 12.7. The van der Waals surface area contributed by atoms with E-state index in [1.54, 1.807) is 12.1 Å². The molecule has 0 saturated heterocycles. The fraction of sp³-hybridized carbons (Fsp3) is 0.355. The van der Waals surface area contributed by atoms with Crippen molar-refractivity contribution in [3.8, 4) is 28.4 Å². The zero-order valence-electron chi connectivity index (χ0n) is 22.2. The van der Waals surface area contributed by atoms with Crippen LogP contribution in [-0.4, -0.2) is 19.3 Å². The monoisotopic (exact) mass is 564 g/mol. The summed E-state index contributed by atoms with van der Waals surface area (Å²) in [6.07, 6.45) is 3.95. The Morgan fingerprint density at radius 3 is 1.93 bits per heavy atom. The number of alkyl halides is 2. The molecule has 0 atom stereocenters. The lowest BCUT2D eigenvalue weighted by molar-refractivity contribution is -0.196. The van der Waals surface area contributed by atoms with Gasteiger partial charge in [-0.25, -0.2) is 8.78 Å². The lowest BCUT2D eigenvalue weighted by atomic mass is 9.82. The summed E-state index contributed by atoms with van der Waals surface area (Å²) in [7, 11) is 0. The van der Waals surface area contributed by atoms with Crippen LogP contribution in [0.15, 0.2) is 60.7 Å². The first-order valence-corrected chi connectivity index (χ1v) is 13.1. The van der Waals surface area contributed by atoms with Crippen LogP contribution in [0.1, 0.15) is 38.2 Å². The predicted molar refractivity (Wildman–Crippen MR) is 140 cm³/mol. The van der Waals surface area contributed by atoms with Crippen LogP contribution in [0.25, 0.3) is 11.1 Å². The Kier molecular flexibility index (Phi) is 9.32. The molecule has 3 aromatic rings. The van der Waals surface area contributed by atoms with Gasteiger partial charge in [-0.3, -0.25) is 0 Å². The van der Waals surface area contributed by atoms with Gasteiger partial charge in [0.25, 0.3) is 0 Å². The predicted octanol–water partition coefficient (Wildman–Crippen LogP) is 9.03. The largest absolute Gasteiger partial charge is 0.490 e. The van der Waals surface area contributed by atoms with E-state index in [9.17, 15) is 26.3 Å². The van der Waals surface area contributed by atoms with E-state index in [4.69, 9.17) is 9.47 Å². The number of ether oxygens (including phenoxy) is 3. The van der Waals surface area contributed by atoms with Crippen molar-refractivity contribution >= 4 is 0 Å². The average molecular weight is 565 g/mol. The summed E-state index contributed by atoms with van der Waals surface area (Å²) in [4.78, 5) is 0. The first-order valence-electron chi connectivity index (χ1n) is 13.1. The molecule has 1 aliphatic rings. The Labute approximate surface area is 229 Å². The van der Waals surface area contributed by atoms with Crippen molar-refractivity contribution in [1.82, 2.24) is 0 Å². The van der Waals surface area contributed by atoms with Crippen LogP contribution >= 0.6 is 0 Å². The zero-order chi connectivity index (χ0) is 28.9. The van der Waals surface area contributed by atoms with Crippen molar-refractivity contribution < 1.29 is 40.6 Å². The maximum Gasteiger partial charge on any atom is 0.433 e. The summed E-state index contributed by atoms with van der Waals surface area (Å²) in [6, 6.07) is 10.0. The molecule has 40 heavy (non-hydrogen) atoms. The summed E-state index contributed by atoms with van der Waals surface area (Å²) < 4.78 is 103. The maximum atomic E-state index is 14.9. The molecule has 1 aliphatic carbocycles. The average Bonchev–Trinajstić information content (AvgIpc) is 2.93. The molecule has 9 heteroatoms. The van der Waals surface area contributed by atoms with Crippen molar-refractivity contribution in [3.05, 3.63) is 89.5 Å². The third-order valence-corrected chi connectivity index (χ3v) is 6.90. The zero-order valence-corrected chi connectivity index (χ0v) is 22.2. The Morgan fingerprint density at radius 2 is 1.32 bits per heavy atom. The molecule has 0 N–H and O–H groups in total. The fourth-order valence-corrected chi connectivity index (χ4v) is 4.69. The minimum absolute atomic E-state index is 0.137. The van der Waals surface area contributed by atoms with Crippen LogP contribution in [0.3, 0.4) is 0 Å². The smallest absolute Gasteiger partial charge is 0.433 e. The van der Waals surface area contributed by atoms with Crippen molar-refractivity contribution in [2.45, 2.75) is 45.6 Å². The number of halogens is 6. The molecule has 0 radical (unpaired) electrons. The van der Waals surface area contributed by atoms with Gasteiger partial charge in [-0.15, -0.1) is 0 Å². The fourth-order valence-electron chi connectivity index (χ4n) is 4.69. The number of hydrogen-bond acceptors (Lipinski definition) is 3. The van der Waals surface area contributed by atoms with Crippen molar-refractivity contribution in [1.29, 1.82) is 0 Å². The van der Waals surface area contributed by atoms with Crippen LogP contribution in [0.2, 0.25) is 0 Å². The van der Waals surface area contributed by atoms with Gasteiger partial charge in [0, 0.05) is 11.1 Å². The molecule has 0 bridgehead atoms. The van der Waals surface area contributed by atoms with Gasteiger partial charge in [-0.2, -0.15) is 17.6 Å². The summed E-state index contributed by atoms with van der Waals surface area (Å²) in [6.45, 7) is 2.72. The molecule has 3 nitrogen and oxygen atoms in total. The molecule has 214 valence electrons. The topological polar surface area (TPSA) is 27.7 Å². The molecular weight excluding hydrogens is 534 g/mol. The summed E-state index contributed by atoms with van der Waals surface area (Å²) in [5, 5.41) is 0. The highest BCUT2D eigenvalue weighted by molar-refractivity contribution is 5.67. The standard InChI is InChI=1S/C31H30F6O3/c1-3-4-20-7-9-21(10-8-20)17-38-25-15-13-23(27(32)29(25)34)24-14-16-26(30(35)28(24)33)40-31(36,37)18-39-22-11-5-19(2)6-12-22/h3-6,11-16,20-21H,7-10,17-18H2,1-2H3/b4-3+. The molecule has 0 aliphatic heterocycles. The van der Waals surface area contributed by atoms with Gasteiger partial charge >= 0.3 is 6.11 Å². The Balaban J connectivity index is 1.42. The highest BCUT2D eigenvalue weighted by atomic mass is 19.3. The number of benzene rings is 3. The number of hydrogen-bond donors (Lipinski definition) is 0. The minimum Gasteiger partial charge on any atom is -0.490 e. The Morgan fingerprint density at radius 1 is 0.750 bits per heavy atom. The Bertz CT molecular complexity index is 1330. The van der Waals surface area contributed by atoms with E-state index in [1.165, 1.54) is 12.1 Å². The SMILES string of the molecule is C/C=C/C1CCC(COc2ccc(-c3ccc(OC(F)(F)COc4ccc(C)cc4)c(F)c3F)c(F)c2F)CC1. The van der Waals surface area contributed by atoms with Crippen LogP contribution < -0.4 is 14.2 Å². The van der Waals surface area contributed by atoms with Crippen LogP contribution in [0.5, 0.6) is 17.2 Å². The minimum atomic E-state index is -4.01. The molecule has 0 amide bonds. The van der Waals surface area contributed by atoms with E-state index < -0.39 is 52.9 Å². The van der Waals surface area contributed by atoms with Crippen LogP contribution in [-0.2, 0) is 0 Å².